The van der Waals surface area contributed by atoms with Gasteiger partial charge in [0.1, 0.15) is 11.6 Å². The lowest BCUT2D eigenvalue weighted by atomic mass is 10.1. The smallest absolute Gasteiger partial charge is 0.232 e. The first-order valence-corrected chi connectivity index (χ1v) is 12.6. The van der Waals surface area contributed by atoms with E-state index in [0.29, 0.717) is 17.6 Å². The lowest BCUT2D eigenvalue weighted by molar-refractivity contribution is 0.726. The molecule has 1 fully saturated rings. The molecule has 5 rings (SSSR count). The third-order valence-corrected chi connectivity index (χ3v) is 6.84. The molecule has 2 aromatic carbocycles. The molecule has 3 aromatic rings. The van der Waals surface area contributed by atoms with Crippen LogP contribution in [0.25, 0.3) is 0 Å². The van der Waals surface area contributed by atoms with Crippen molar-refractivity contribution in [3.63, 3.8) is 0 Å². The number of hydrogen-bond donors (Lipinski definition) is 2. The average Bonchev–Trinajstić information content (AvgIpc) is 3.10. The number of nitrogens with one attached hydrogen (secondary N) is 2. The van der Waals surface area contributed by atoms with Crippen LogP contribution in [0.1, 0.15) is 47.9 Å². The first-order chi connectivity index (χ1) is 16.6. The fourth-order valence-electron chi connectivity index (χ4n) is 4.63. The molecular weight excluding hydrogens is 440 g/mol. The first kappa shape index (κ1) is 22.6. The SMILES string of the molecule is Cc1ccc(CNC(=S)Nc2nc(N3CCCCCC3)cc(N3Cc4ccccc4C3)n2)cc1. The van der Waals surface area contributed by atoms with E-state index < -0.39 is 0 Å². The lowest BCUT2D eigenvalue weighted by Crippen LogP contribution is -2.30. The van der Waals surface area contributed by atoms with Gasteiger partial charge in [-0.25, -0.2) is 0 Å². The normalized spacial score (nSPS) is 15.6. The summed E-state index contributed by atoms with van der Waals surface area (Å²) in [6.45, 7) is 6.55. The highest BCUT2D eigenvalue weighted by molar-refractivity contribution is 7.80. The molecule has 6 nitrogen and oxygen atoms in total. The first-order valence-electron chi connectivity index (χ1n) is 12.2. The molecule has 0 saturated carbocycles. The van der Waals surface area contributed by atoms with Crippen LogP contribution in [-0.4, -0.2) is 28.2 Å². The van der Waals surface area contributed by atoms with Crippen molar-refractivity contribution in [2.24, 2.45) is 0 Å². The summed E-state index contributed by atoms with van der Waals surface area (Å²) in [5.74, 6) is 2.47. The maximum absolute atomic E-state index is 5.59. The van der Waals surface area contributed by atoms with Crippen molar-refractivity contribution in [2.45, 2.75) is 52.2 Å². The molecule has 2 aliphatic rings. The highest BCUT2D eigenvalue weighted by atomic mass is 32.1. The van der Waals surface area contributed by atoms with E-state index in [2.05, 4.69) is 82.0 Å². The van der Waals surface area contributed by atoms with Crippen molar-refractivity contribution in [1.82, 2.24) is 15.3 Å². The van der Waals surface area contributed by atoms with Crippen LogP contribution in [0.4, 0.5) is 17.6 Å². The average molecular weight is 473 g/mol. The number of rotatable bonds is 5. The van der Waals surface area contributed by atoms with Crippen molar-refractivity contribution in [1.29, 1.82) is 0 Å². The van der Waals surface area contributed by atoms with E-state index in [0.717, 1.165) is 37.8 Å². The molecule has 2 aliphatic heterocycles. The van der Waals surface area contributed by atoms with Gasteiger partial charge in [-0.2, -0.15) is 9.97 Å². The Hall–Kier alpha value is -3.19. The Kier molecular flexibility index (Phi) is 6.90. The van der Waals surface area contributed by atoms with Crippen LogP contribution in [0.2, 0.25) is 0 Å². The molecule has 0 spiro atoms. The molecule has 3 heterocycles. The van der Waals surface area contributed by atoms with Crippen molar-refractivity contribution in [3.05, 3.63) is 76.9 Å². The second-order valence-electron chi connectivity index (χ2n) is 9.23. The minimum atomic E-state index is 0.532. The Labute approximate surface area is 207 Å². The van der Waals surface area contributed by atoms with Crippen molar-refractivity contribution in [2.75, 3.05) is 28.2 Å². The molecule has 0 bridgehead atoms. The van der Waals surface area contributed by atoms with Crippen LogP contribution in [0.15, 0.2) is 54.6 Å². The predicted molar refractivity (Wildman–Crippen MR) is 143 cm³/mol. The van der Waals surface area contributed by atoms with Gasteiger partial charge in [-0.05, 0) is 48.7 Å². The predicted octanol–water partition coefficient (Wildman–Crippen LogP) is 5.17. The van der Waals surface area contributed by atoms with E-state index in [4.69, 9.17) is 22.2 Å². The molecule has 0 radical (unpaired) electrons. The minimum absolute atomic E-state index is 0.532. The van der Waals surface area contributed by atoms with Gasteiger partial charge in [0, 0.05) is 38.8 Å². The summed E-state index contributed by atoms with van der Waals surface area (Å²) in [4.78, 5) is 14.5. The molecule has 1 aromatic heterocycles. The van der Waals surface area contributed by atoms with Gasteiger partial charge >= 0.3 is 0 Å². The van der Waals surface area contributed by atoms with E-state index in [1.165, 1.54) is 47.9 Å². The summed E-state index contributed by atoms with van der Waals surface area (Å²) >= 11 is 5.59. The molecule has 7 heteroatoms. The van der Waals surface area contributed by atoms with Crippen LogP contribution < -0.4 is 20.4 Å². The highest BCUT2D eigenvalue weighted by Gasteiger charge is 2.22. The summed E-state index contributed by atoms with van der Waals surface area (Å²) in [6, 6.07) is 19.2. The van der Waals surface area contributed by atoms with E-state index in [9.17, 15) is 0 Å². The van der Waals surface area contributed by atoms with Gasteiger partial charge in [-0.3, -0.25) is 0 Å². The van der Waals surface area contributed by atoms with Crippen LogP contribution in [0.5, 0.6) is 0 Å². The van der Waals surface area contributed by atoms with Crippen LogP contribution in [-0.2, 0) is 19.6 Å². The Bertz CT molecular complexity index is 1110. The maximum atomic E-state index is 5.59. The molecule has 0 atom stereocenters. The molecule has 176 valence electrons. The summed E-state index contributed by atoms with van der Waals surface area (Å²) < 4.78 is 0. The number of thiocarbonyl (C=S) groups is 1. The van der Waals surface area contributed by atoms with E-state index in [-0.39, 0.29) is 0 Å². The van der Waals surface area contributed by atoms with Gasteiger partial charge in [0.05, 0.1) is 0 Å². The third-order valence-electron chi connectivity index (χ3n) is 6.59. The Balaban J connectivity index is 1.34. The van der Waals surface area contributed by atoms with Crippen LogP contribution >= 0.6 is 12.2 Å². The summed E-state index contributed by atoms with van der Waals surface area (Å²) in [7, 11) is 0. The van der Waals surface area contributed by atoms with E-state index in [1.807, 2.05) is 0 Å². The molecule has 0 unspecified atom stereocenters. The Morgan fingerprint density at radius 2 is 1.47 bits per heavy atom. The fraction of sp³-hybridized carbons (Fsp3) is 0.370. The van der Waals surface area contributed by atoms with Gasteiger partial charge in [0.25, 0.3) is 0 Å². The number of benzene rings is 2. The molecule has 0 aliphatic carbocycles. The fourth-order valence-corrected chi connectivity index (χ4v) is 4.79. The zero-order chi connectivity index (χ0) is 23.3. The largest absolute Gasteiger partial charge is 0.358 e. The molecular formula is C27H32N6S. The van der Waals surface area contributed by atoms with Crippen molar-refractivity contribution >= 4 is 34.9 Å². The second-order valence-corrected chi connectivity index (χ2v) is 9.64. The standard InChI is InChI=1S/C27H32N6S/c1-20-10-12-21(13-11-20)17-28-27(34)31-26-29-24(32-14-6-2-3-7-15-32)16-25(30-26)33-18-22-8-4-5-9-23(22)19-33/h4-5,8-13,16H,2-3,6-7,14-15,17-19H2,1H3,(H2,28,29,30,31,34). The lowest BCUT2D eigenvalue weighted by Gasteiger charge is -2.25. The number of aromatic nitrogens is 2. The maximum Gasteiger partial charge on any atom is 0.232 e. The zero-order valence-electron chi connectivity index (χ0n) is 19.8. The molecule has 1 saturated heterocycles. The molecule has 2 N–H and O–H groups in total. The van der Waals surface area contributed by atoms with Gasteiger partial charge in [0.15, 0.2) is 5.11 Å². The van der Waals surface area contributed by atoms with Gasteiger partial charge in [-0.1, -0.05) is 66.9 Å². The number of aryl methyl sites for hydroxylation is 1. The van der Waals surface area contributed by atoms with Gasteiger partial charge in [0.2, 0.25) is 5.95 Å². The minimum Gasteiger partial charge on any atom is -0.358 e. The van der Waals surface area contributed by atoms with Gasteiger partial charge in [-0.15, -0.1) is 0 Å². The summed E-state index contributed by atoms with van der Waals surface area (Å²) in [6.07, 6.45) is 4.98. The van der Waals surface area contributed by atoms with Crippen molar-refractivity contribution in [3.8, 4) is 0 Å². The topological polar surface area (TPSA) is 56.3 Å². The monoisotopic (exact) mass is 472 g/mol. The van der Waals surface area contributed by atoms with Gasteiger partial charge < -0.3 is 20.4 Å². The van der Waals surface area contributed by atoms with Crippen LogP contribution in [0, 0.1) is 6.92 Å². The summed E-state index contributed by atoms with van der Waals surface area (Å²) in [5, 5.41) is 7.07. The quantitative estimate of drug-likeness (QED) is 0.497. The van der Waals surface area contributed by atoms with Crippen molar-refractivity contribution < 1.29 is 0 Å². The number of anilines is 3. The number of hydrogen-bond acceptors (Lipinski definition) is 5. The third kappa shape index (κ3) is 5.47. The number of nitrogens with zero attached hydrogens (tertiary/aromatic N) is 4. The second kappa shape index (κ2) is 10.4. The van der Waals surface area contributed by atoms with E-state index >= 15 is 0 Å². The molecule has 0 amide bonds. The van der Waals surface area contributed by atoms with Crippen LogP contribution in [0.3, 0.4) is 0 Å². The highest BCUT2D eigenvalue weighted by Crippen LogP contribution is 2.30. The Morgan fingerprint density at radius 1 is 0.853 bits per heavy atom. The zero-order valence-corrected chi connectivity index (χ0v) is 20.6. The Morgan fingerprint density at radius 3 is 2.12 bits per heavy atom. The summed E-state index contributed by atoms with van der Waals surface area (Å²) in [5.41, 5.74) is 5.16. The molecule has 34 heavy (non-hydrogen) atoms. The van der Waals surface area contributed by atoms with E-state index in [1.54, 1.807) is 0 Å². The number of fused-ring (bicyclic) bond motifs is 1.